The number of hydrogen-bond donors (Lipinski definition) is 2. The first-order chi connectivity index (χ1) is 14.3. The van der Waals surface area contributed by atoms with E-state index in [9.17, 15) is 4.79 Å². The fourth-order valence-corrected chi connectivity index (χ4v) is 3.85. The van der Waals surface area contributed by atoms with Crippen LogP contribution in [0.15, 0.2) is 11.2 Å². The van der Waals surface area contributed by atoms with Crippen molar-refractivity contribution in [3.05, 3.63) is 16.1 Å². The van der Waals surface area contributed by atoms with Crippen LogP contribution >= 0.6 is 11.3 Å². The van der Waals surface area contributed by atoms with E-state index in [4.69, 9.17) is 4.74 Å². The molecular formula is C21H38N6O2S. The fourth-order valence-electron chi connectivity index (χ4n) is 3.06. The van der Waals surface area contributed by atoms with Crippen molar-refractivity contribution in [1.29, 1.82) is 0 Å². The average molecular weight is 439 g/mol. The van der Waals surface area contributed by atoms with E-state index in [1.54, 1.807) is 16.2 Å². The molecule has 1 aromatic heterocycles. The van der Waals surface area contributed by atoms with E-state index in [0.29, 0.717) is 6.54 Å². The summed E-state index contributed by atoms with van der Waals surface area (Å²) in [6, 6.07) is 0. The van der Waals surface area contributed by atoms with E-state index < -0.39 is 5.60 Å². The van der Waals surface area contributed by atoms with Crippen molar-refractivity contribution in [2.24, 2.45) is 4.99 Å². The molecule has 0 atom stereocenters. The molecule has 1 saturated heterocycles. The number of carbonyl (C=O) groups excluding carboxylic acids is 1. The van der Waals surface area contributed by atoms with Crippen molar-refractivity contribution < 1.29 is 9.53 Å². The molecule has 0 bridgehead atoms. The van der Waals surface area contributed by atoms with E-state index >= 15 is 0 Å². The van der Waals surface area contributed by atoms with Crippen LogP contribution in [0, 0.1) is 0 Å². The van der Waals surface area contributed by atoms with Crippen LogP contribution in [-0.4, -0.2) is 78.3 Å². The number of rotatable bonds is 8. The van der Waals surface area contributed by atoms with Gasteiger partial charge in [-0.05, 0) is 47.1 Å². The molecule has 0 aliphatic carbocycles. The lowest BCUT2D eigenvalue weighted by atomic mass is 10.2. The Bertz CT molecular complexity index is 677. The Balaban J connectivity index is 1.66. The third-order valence-corrected chi connectivity index (χ3v) is 5.76. The molecule has 2 rings (SSSR count). The number of amides is 1. The Kier molecular flexibility index (Phi) is 9.84. The predicted molar refractivity (Wildman–Crippen MR) is 123 cm³/mol. The highest BCUT2D eigenvalue weighted by Gasteiger charge is 2.25. The molecule has 2 heterocycles. The summed E-state index contributed by atoms with van der Waals surface area (Å²) in [5.41, 5.74) is -0.441. The zero-order valence-corrected chi connectivity index (χ0v) is 20.0. The van der Waals surface area contributed by atoms with E-state index in [-0.39, 0.29) is 6.09 Å². The molecule has 2 N–H and O–H groups in total. The van der Waals surface area contributed by atoms with Gasteiger partial charge in [-0.1, -0.05) is 6.92 Å². The minimum absolute atomic E-state index is 0.207. The molecule has 0 unspecified atom stereocenters. The van der Waals surface area contributed by atoms with Gasteiger partial charge in [0.2, 0.25) is 0 Å². The van der Waals surface area contributed by atoms with Crippen LogP contribution in [0.4, 0.5) is 4.79 Å². The largest absolute Gasteiger partial charge is 0.444 e. The van der Waals surface area contributed by atoms with Crippen molar-refractivity contribution in [1.82, 2.24) is 25.4 Å². The first kappa shape index (κ1) is 24.4. The number of aromatic nitrogens is 1. The second kappa shape index (κ2) is 12.1. The molecule has 30 heavy (non-hydrogen) atoms. The molecule has 8 nitrogen and oxygen atoms in total. The molecule has 1 aromatic rings. The Labute approximate surface area is 185 Å². The molecule has 1 aliphatic heterocycles. The minimum Gasteiger partial charge on any atom is -0.444 e. The van der Waals surface area contributed by atoms with Gasteiger partial charge >= 0.3 is 6.09 Å². The standard InChI is InChI=1S/C21H38N6O2S/c1-6-17-15-24-18(30-17)16-25-19(22-7-2)23-9-8-10-26-11-13-27(14-12-26)20(28)29-21(3,4)5/h15H,6-14,16H2,1-5H3,(H2,22,23,25). The van der Waals surface area contributed by atoms with Crippen molar-refractivity contribution in [2.45, 2.75) is 59.6 Å². The van der Waals surface area contributed by atoms with Crippen LogP contribution in [0.2, 0.25) is 0 Å². The quantitative estimate of drug-likeness (QED) is 0.369. The van der Waals surface area contributed by atoms with Crippen LogP contribution < -0.4 is 10.6 Å². The molecule has 1 aliphatic rings. The van der Waals surface area contributed by atoms with Gasteiger partial charge in [0.15, 0.2) is 5.96 Å². The van der Waals surface area contributed by atoms with Gasteiger partial charge in [-0.3, -0.25) is 4.90 Å². The van der Waals surface area contributed by atoms with Crippen LogP contribution in [0.25, 0.3) is 0 Å². The number of piperazine rings is 1. The second-order valence-electron chi connectivity index (χ2n) is 8.36. The third kappa shape index (κ3) is 8.87. The fraction of sp³-hybridized carbons (Fsp3) is 0.762. The third-order valence-electron chi connectivity index (χ3n) is 4.63. The molecule has 9 heteroatoms. The molecule has 170 valence electrons. The summed E-state index contributed by atoms with van der Waals surface area (Å²) in [7, 11) is 0. The number of aliphatic imine (C=N–C) groups is 1. The van der Waals surface area contributed by atoms with E-state index in [2.05, 4.69) is 39.4 Å². The maximum Gasteiger partial charge on any atom is 0.410 e. The highest BCUT2D eigenvalue weighted by molar-refractivity contribution is 7.11. The Morgan fingerprint density at radius 1 is 1.23 bits per heavy atom. The summed E-state index contributed by atoms with van der Waals surface area (Å²) in [4.78, 5) is 26.7. The number of carbonyl (C=O) groups is 1. The molecule has 1 amide bonds. The van der Waals surface area contributed by atoms with Gasteiger partial charge in [-0.15, -0.1) is 11.3 Å². The number of guanidine groups is 1. The summed E-state index contributed by atoms with van der Waals surface area (Å²) in [6.45, 7) is 16.4. The SMILES string of the molecule is CCNC(=NCc1ncc(CC)s1)NCCCN1CCN(C(=O)OC(C)(C)C)CC1. The number of nitrogens with one attached hydrogen (secondary N) is 2. The topological polar surface area (TPSA) is 82.1 Å². The minimum atomic E-state index is -0.441. The van der Waals surface area contributed by atoms with Gasteiger partial charge in [0.05, 0.1) is 6.54 Å². The van der Waals surface area contributed by atoms with Crippen LogP contribution in [0.1, 0.15) is 50.9 Å². The number of hydrogen-bond acceptors (Lipinski definition) is 6. The smallest absolute Gasteiger partial charge is 0.410 e. The monoisotopic (exact) mass is 438 g/mol. The molecule has 0 saturated carbocycles. The lowest BCUT2D eigenvalue weighted by Gasteiger charge is -2.35. The number of aryl methyl sites for hydroxylation is 1. The summed E-state index contributed by atoms with van der Waals surface area (Å²) in [6.07, 6.45) is 3.78. The predicted octanol–water partition coefficient (Wildman–Crippen LogP) is 2.70. The Morgan fingerprint density at radius 2 is 1.97 bits per heavy atom. The maximum absolute atomic E-state index is 12.2. The summed E-state index contributed by atoms with van der Waals surface area (Å²) in [5.74, 6) is 0.834. The highest BCUT2D eigenvalue weighted by Crippen LogP contribution is 2.14. The summed E-state index contributed by atoms with van der Waals surface area (Å²) >= 11 is 1.73. The second-order valence-corrected chi connectivity index (χ2v) is 9.56. The van der Waals surface area contributed by atoms with E-state index in [0.717, 1.165) is 69.6 Å². The van der Waals surface area contributed by atoms with Crippen molar-refractivity contribution in [3.63, 3.8) is 0 Å². The van der Waals surface area contributed by atoms with Gasteiger partial charge in [0, 0.05) is 50.3 Å². The zero-order valence-electron chi connectivity index (χ0n) is 19.2. The maximum atomic E-state index is 12.2. The first-order valence-electron chi connectivity index (χ1n) is 11.0. The average Bonchev–Trinajstić information content (AvgIpc) is 3.16. The lowest BCUT2D eigenvalue weighted by Crippen LogP contribution is -2.50. The lowest BCUT2D eigenvalue weighted by molar-refractivity contribution is 0.0145. The van der Waals surface area contributed by atoms with E-state index in [1.165, 1.54) is 4.88 Å². The summed E-state index contributed by atoms with van der Waals surface area (Å²) < 4.78 is 5.46. The van der Waals surface area contributed by atoms with Gasteiger partial charge in [0.1, 0.15) is 10.6 Å². The molecule has 0 spiro atoms. The number of nitrogens with zero attached hydrogens (tertiary/aromatic N) is 4. The zero-order chi connectivity index (χ0) is 22.0. The highest BCUT2D eigenvalue weighted by atomic mass is 32.1. The van der Waals surface area contributed by atoms with Crippen molar-refractivity contribution >= 4 is 23.4 Å². The van der Waals surface area contributed by atoms with E-state index in [1.807, 2.05) is 27.0 Å². The van der Waals surface area contributed by atoms with Gasteiger partial charge < -0.3 is 20.3 Å². The van der Waals surface area contributed by atoms with Gasteiger partial charge in [0.25, 0.3) is 0 Å². The van der Waals surface area contributed by atoms with Crippen LogP contribution in [0.5, 0.6) is 0 Å². The Morgan fingerprint density at radius 3 is 2.57 bits per heavy atom. The molecule has 0 aromatic carbocycles. The Hall–Kier alpha value is -1.87. The molecular weight excluding hydrogens is 400 g/mol. The van der Waals surface area contributed by atoms with Crippen LogP contribution in [0.3, 0.4) is 0 Å². The van der Waals surface area contributed by atoms with Gasteiger partial charge in [-0.2, -0.15) is 0 Å². The normalized spacial score (nSPS) is 15.9. The molecule has 0 radical (unpaired) electrons. The first-order valence-corrected chi connectivity index (χ1v) is 11.8. The van der Waals surface area contributed by atoms with Crippen molar-refractivity contribution in [2.75, 3.05) is 45.8 Å². The number of ether oxygens (including phenoxy) is 1. The summed E-state index contributed by atoms with van der Waals surface area (Å²) in [5, 5.41) is 7.75. The number of thiazole rings is 1. The van der Waals surface area contributed by atoms with Crippen LogP contribution in [-0.2, 0) is 17.7 Å². The van der Waals surface area contributed by atoms with Gasteiger partial charge in [-0.25, -0.2) is 14.8 Å². The molecule has 1 fully saturated rings. The van der Waals surface area contributed by atoms with Crippen molar-refractivity contribution in [3.8, 4) is 0 Å².